The maximum Gasteiger partial charge on any atom is 0.187 e. The van der Waals surface area contributed by atoms with E-state index in [9.17, 15) is 9.59 Å². The van der Waals surface area contributed by atoms with E-state index in [2.05, 4.69) is 54.7 Å². The van der Waals surface area contributed by atoms with Crippen molar-refractivity contribution in [1.82, 2.24) is 0 Å². The molecule has 0 bridgehead atoms. The maximum absolute atomic E-state index is 11.7. The number of carbonyl (C=O) groups excluding carboxylic acids is 2. The van der Waals surface area contributed by atoms with Gasteiger partial charge in [0.05, 0.1) is 6.61 Å². The van der Waals surface area contributed by atoms with E-state index in [-0.39, 0.29) is 15.3 Å². The van der Waals surface area contributed by atoms with E-state index in [0.29, 0.717) is 17.0 Å². The lowest BCUT2D eigenvalue weighted by molar-refractivity contribution is 0.100. The minimum absolute atomic E-state index is 0.00898. The molecule has 0 spiro atoms. The Morgan fingerprint density at radius 1 is 0.812 bits per heavy atom. The van der Waals surface area contributed by atoms with Gasteiger partial charge in [-0.05, 0) is 62.9 Å². The summed E-state index contributed by atoms with van der Waals surface area (Å²) in [6.07, 6.45) is 4.46. The van der Waals surface area contributed by atoms with Gasteiger partial charge in [-0.3, -0.25) is 9.59 Å². The number of hydrogen-bond acceptors (Lipinski definition) is 4. The summed E-state index contributed by atoms with van der Waals surface area (Å²) < 4.78 is 10.3. The van der Waals surface area contributed by atoms with Crippen LogP contribution in [-0.4, -0.2) is 35.6 Å². The molecule has 0 fully saturated rings. The molecule has 0 aliphatic rings. The third-order valence-corrected chi connectivity index (χ3v) is 5.99. The van der Waals surface area contributed by atoms with Crippen LogP contribution in [0, 0.1) is 0 Å². The summed E-state index contributed by atoms with van der Waals surface area (Å²) in [5.41, 5.74) is 2.63. The summed E-state index contributed by atoms with van der Waals surface area (Å²) in [7, 11) is 1.73. The number of ether oxygens (including phenoxy) is 2. The van der Waals surface area contributed by atoms with Crippen LogP contribution in [0.15, 0.2) is 48.5 Å². The van der Waals surface area contributed by atoms with E-state index >= 15 is 0 Å². The maximum atomic E-state index is 11.7. The van der Waals surface area contributed by atoms with Crippen LogP contribution in [0.5, 0.6) is 5.75 Å². The molecule has 0 saturated carbocycles. The van der Waals surface area contributed by atoms with Gasteiger partial charge in [-0.15, -0.1) is 0 Å². The molecular weight excluding hydrogens is 604 g/mol. The van der Waals surface area contributed by atoms with E-state index in [1.54, 1.807) is 26.2 Å². The fourth-order valence-electron chi connectivity index (χ4n) is 2.72. The predicted octanol–water partition coefficient (Wildman–Crippen LogP) is 7.92. The van der Waals surface area contributed by atoms with E-state index in [0.717, 1.165) is 37.2 Å². The molecule has 0 heterocycles. The molecule has 2 aromatic carbocycles. The lowest BCUT2D eigenvalue weighted by atomic mass is 10.1. The molecule has 0 saturated heterocycles. The Morgan fingerprint density at radius 2 is 1.34 bits per heavy atom. The number of alkyl halides is 3. The Balaban J connectivity index is 0.000000363. The highest BCUT2D eigenvalue weighted by molar-refractivity contribution is 9.25. The molecule has 0 aliphatic heterocycles. The number of benzene rings is 2. The Kier molecular flexibility index (Phi) is 15.0. The number of ketones is 2. The Bertz CT molecular complexity index is 803. The van der Waals surface area contributed by atoms with Gasteiger partial charge in [-0.25, -0.2) is 0 Å². The molecule has 0 aromatic heterocycles. The summed E-state index contributed by atoms with van der Waals surface area (Å²) in [5, 5.41) is 0. The second-order valence-corrected chi connectivity index (χ2v) is 11.7. The number of carbonyl (C=O) groups is 2. The molecule has 32 heavy (non-hydrogen) atoms. The standard InChI is InChI=1S/C15H20Br2O3.C10H11BrO/c1-19-10-4-2-3-5-11-20-13-8-6-12(7-9-13)14(18)15(16)17;1-7(11)9-3-5-10(6-4-9)8(2)12/h6-9,15H,2-5,10-11H2,1H3;3-7H,1-2H3. The quantitative estimate of drug-likeness (QED) is 0.135. The Morgan fingerprint density at radius 3 is 1.81 bits per heavy atom. The summed E-state index contributed by atoms with van der Waals surface area (Å²) in [6, 6.07) is 14.9. The average Bonchev–Trinajstić information content (AvgIpc) is 2.78. The van der Waals surface area contributed by atoms with Gasteiger partial charge in [-0.1, -0.05) is 78.5 Å². The average molecular weight is 635 g/mol. The van der Waals surface area contributed by atoms with Crippen LogP contribution in [0.4, 0.5) is 0 Å². The van der Waals surface area contributed by atoms with E-state index in [4.69, 9.17) is 9.47 Å². The van der Waals surface area contributed by atoms with Gasteiger partial charge in [0.25, 0.3) is 0 Å². The molecule has 2 rings (SSSR count). The van der Waals surface area contributed by atoms with Crippen molar-refractivity contribution in [2.75, 3.05) is 20.3 Å². The molecule has 176 valence electrons. The third-order valence-electron chi connectivity index (χ3n) is 4.63. The van der Waals surface area contributed by atoms with E-state index < -0.39 is 0 Å². The first-order valence-electron chi connectivity index (χ1n) is 10.6. The van der Waals surface area contributed by atoms with Crippen molar-refractivity contribution < 1.29 is 19.1 Å². The van der Waals surface area contributed by atoms with Gasteiger partial charge in [0.1, 0.15) is 9.49 Å². The van der Waals surface area contributed by atoms with Crippen molar-refractivity contribution in [3.8, 4) is 5.75 Å². The molecular formula is C25H31Br3O4. The summed E-state index contributed by atoms with van der Waals surface area (Å²) in [4.78, 5) is 23.0. The van der Waals surface area contributed by atoms with Gasteiger partial charge < -0.3 is 9.47 Å². The highest BCUT2D eigenvalue weighted by Gasteiger charge is 2.12. The zero-order chi connectivity index (χ0) is 23.9. The molecule has 0 aliphatic carbocycles. The summed E-state index contributed by atoms with van der Waals surface area (Å²) in [5.74, 6) is 0.928. The molecule has 0 N–H and O–H groups in total. The summed E-state index contributed by atoms with van der Waals surface area (Å²) in [6.45, 7) is 5.17. The fraction of sp³-hybridized carbons (Fsp3) is 0.440. The van der Waals surface area contributed by atoms with Gasteiger partial charge >= 0.3 is 0 Å². The Labute approximate surface area is 216 Å². The number of halogens is 3. The third kappa shape index (κ3) is 11.7. The second-order valence-electron chi connectivity index (χ2n) is 7.24. The lowest BCUT2D eigenvalue weighted by Crippen LogP contribution is -2.06. The van der Waals surface area contributed by atoms with Crippen molar-refractivity contribution in [2.45, 2.75) is 48.1 Å². The molecule has 0 amide bonds. The molecule has 4 nitrogen and oxygen atoms in total. The minimum Gasteiger partial charge on any atom is -0.494 e. The number of Topliss-reactive ketones (excluding diaryl/α,β-unsaturated/α-hetero) is 2. The minimum atomic E-state index is -0.339. The van der Waals surface area contributed by atoms with Crippen LogP contribution in [-0.2, 0) is 4.74 Å². The lowest BCUT2D eigenvalue weighted by Gasteiger charge is -2.07. The molecule has 2 aromatic rings. The van der Waals surface area contributed by atoms with Crippen molar-refractivity contribution in [1.29, 1.82) is 0 Å². The van der Waals surface area contributed by atoms with E-state index in [1.807, 2.05) is 36.4 Å². The fourth-order valence-corrected chi connectivity index (χ4v) is 3.55. The molecule has 1 atom stereocenters. The van der Waals surface area contributed by atoms with Crippen LogP contribution in [0.2, 0.25) is 0 Å². The number of unbranched alkanes of at least 4 members (excludes halogenated alkanes) is 3. The van der Waals surface area contributed by atoms with Gasteiger partial charge in [0.15, 0.2) is 11.6 Å². The predicted molar refractivity (Wildman–Crippen MR) is 142 cm³/mol. The zero-order valence-electron chi connectivity index (χ0n) is 18.8. The van der Waals surface area contributed by atoms with Crippen LogP contribution in [0.25, 0.3) is 0 Å². The normalized spacial score (nSPS) is 11.5. The number of hydrogen-bond donors (Lipinski definition) is 0. The second kappa shape index (κ2) is 16.6. The SMILES string of the molecule is CC(=O)c1ccc(C(C)Br)cc1.COCCCCCCOc1ccc(C(=O)C(Br)Br)cc1. The van der Waals surface area contributed by atoms with Crippen LogP contribution in [0.3, 0.4) is 0 Å². The van der Waals surface area contributed by atoms with Crippen molar-refractivity contribution in [2.24, 2.45) is 0 Å². The highest BCUT2D eigenvalue weighted by atomic mass is 79.9. The topological polar surface area (TPSA) is 52.6 Å². The Hall–Kier alpha value is -1.02. The van der Waals surface area contributed by atoms with Gasteiger partial charge in [0, 0.05) is 29.7 Å². The largest absolute Gasteiger partial charge is 0.494 e. The van der Waals surface area contributed by atoms with Crippen LogP contribution in [0.1, 0.15) is 70.6 Å². The first-order valence-corrected chi connectivity index (χ1v) is 13.3. The van der Waals surface area contributed by atoms with Crippen molar-refractivity contribution >= 4 is 59.4 Å². The zero-order valence-corrected chi connectivity index (χ0v) is 23.5. The molecule has 7 heteroatoms. The highest BCUT2D eigenvalue weighted by Crippen LogP contribution is 2.21. The number of rotatable bonds is 12. The van der Waals surface area contributed by atoms with Crippen LogP contribution < -0.4 is 4.74 Å². The summed E-state index contributed by atoms with van der Waals surface area (Å²) >= 11 is 9.86. The first-order chi connectivity index (χ1) is 15.3. The van der Waals surface area contributed by atoms with E-state index in [1.165, 1.54) is 12.0 Å². The molecule has 0 radical (unpaired) electrons. The number of methoxy groups -OCH3 is 1. The smallest absolute Gasteiger partial charge is 0.187 e. The monoisotopic (exact) mass is 632 g/mol. The molecule has 1 unspecified atom stereocenters. The van der Waals surface area contributed by atoms with Crippen molar-refractivity contribution in [3.05, 3.63) is 65.2 Å². The first kappa shape index (κ1) is 29.0. The van der Waals surface area contributed by atoms with Gasteiger partial charge in [-0.2, -0.15) is 0 Å². The van der Waals surface area contributed by atoms with Crippen LogP contribution >= 0.6 is 47.8 Å². The van der Waals surface area contributed by atoms with Crippen molar-refractivity contribution in [3.63, 3.8) is 0 Å². The van der Waals surface area contributed by atoms with Gasteiger partial charge in [0.2, 0.25) is 0 Å².